The Bertz CT molecular complexity index is 708. The van der Waals surface area contributed by atoms with E-state index in [-0.39, 0.29) is 11.9 Å². The summed E-state index contributed by atoms with van der Waals surface area (Å²) in [6.07, 6.45) is 0.847. The number of methoxy groups -OCH3 is 2. The van der Waals surface area contributed by atoms with Crippen LogP contribution in [0.3, 0.4) is 0 Å². The number of aryl methyl sites for hydroxylation is 1. The fourth-order valence-corrected chi connectivity index (χ4v) is 2.26. The number of esters is 2. The lowest BCUT2D eigenvalue weighted by Gasteiger charge is -2.11. The summed E-state index contributed by atoms with van der Waals surface area (Å²) in [5.74, 6) is 0.0794. The quantitative estimate of drug-likeness (QED) is 0.731. The fourth-order valence-electron chi connectivity index (χ4n) is 2.26. The number of carbonyl (C=O) groups excluding carboxylic acids is 2. The summed E-state index contributed by atoms with van der Waals surface area (Å²) in [5, 5.41) is 0. The highest BCUT2D eigenvalue weighted by atomic mass is 16.5. The maximum atomic E-state index is 11.6. The third-order valence-corrected chi connectivity index (χ3v) is 3.54. The molecule has 0 N–H and O–H groups in total. The number of hydrogen-bond donors (Lipinski definition) is 0. The van der Waals surface area contributed by atoms with Crippen LogP contribution in [0.2, 0.25) is 0 Å². The number of carbonyl (C=O) groups is 2. The van der Waals surface area contributed by atoms with E-state index in [2.05, 4.69) is 4.74 Å². The number of rotatable bonds is 7. The molecule has 0 aliphatic rings. The number of benzene rings is 2. The standard InChI is InChI=1S/C19H20O5/c1-22-18(20)11-10-15-7-3-4-9-17(15)24-13-14-6-5-8-16(12-14)19(21)23-2/h3-9,12H,10-11,13H2,1-2H3. The van der Waals surface area contributed by atoms with E-state index in [1.165, 1.54) is 14.2 Å². The number of ether oxygens (including phenoxy) is 3. The largest absolute Gasteiger partial charge is 0.489 e. The zero-order valence-electron chi connectivity index (χ0n) is 13.8. The molecule has 0 aromatic heterocycles. The van der Waals surface area contributed by atoms with Crippen molar-refractivity contribution in [2.75, 3.05) is 14.2 Å². The molecule has 0 unspecified atom stereocenters. The summed E-state index contributed by atoms with van der Waals surface area (Å²) < 4.78 is 15.2. The Kier molecular flexibility index (Phi) is 6.37. The van der Waals surface area contributed by atoms with Gasteiger partial charge in [-0.25, -0.2) is 4.79 Å². The second-order valence-corrected chi connectivity index (χ2v) is 5.16. The van der Waals surface area contributed by atoms with E-state index in [1.54, 1.807) is 18.2 Å². The molecule has 0 spiro atoms. The van der Waals surface area contributed by atoms with Gasteiger partial charge in [0.2, 0.25) is 0 Å². The van der Waals surface area contributed by atoms with Crippen LogP contribution in [0.4, 0.5) is 0 Å². The van der Waals surface area contributed by atoms with Crippen LogP contribution >= 0.6 is 0 Å². The third-order valence-electron chi connectivity index (χ3n) is 3.54. The van der Waals surface area contributed by atoms with E-state index >= 15 is 0 Å². The smallest absolute Gasteiger partial charge is 0.337 e. The van der Waals surface area contributed by atoms with Crippen LogP contribution in [0.25, 0.3) is 0 Å². The topological polar surface area (TPSA) is 61.8 Å². The van der Waals surface area contributed by atoms with Crippen LogP contribution in [-0.4, -0.2) is 26.2 Å². The van der Waals surface area contributed by atoms with Crippen LogP contribution in [0.1, 0.15) is 27.9 Å². The lowest BCUT2D eigenvalue weighted by molar-refractivity contribution is -0.140. The van der Waals surface area contributed by atoms with Gasteiger partial charge in [-0.15, -0.1) is 0 Å². The van der Waals surface area contributed by atoms with Crippen LogP contribution in [-0.2, 0) is 27.3 Å². The first-order chi connectivity index (χ1) is 11.6. The van der Waals surface area contributed by atoms with Crippen molar-refractivity contribution in [3.05, 3.63) is 65.2 Å². The molecule has 0 amide bonds. The van der Waals surface area contributed by atoms with E-state index < -0.39 is 0 Å². The second-order valence-electron chi connectivity index (χ2n) is 5.16. The minimum absolute atomic E-state index is 0.254. The lowest BCUT2D eigenvalue weighted by atomic mass is 10.1. The van der Waals surface area contributed by atoms with Gasteiger partial charge in [0.25, 0.3) is 0 Å². The number of hydrogen-bond acceptors (Lipinski definition) is 5. The van der Waals surface area contributed by atoms with Crippen molar-refractivity contribution in [1.82, 2.24) is 0 Å². The van der Waals surface area contributed by atoms with Gasteiger partial charge in [0, 0.05) is 6.42 Å². The first-order valence-electron chi connectivity index (χ1n) is 7.59. The molecule has 2 aromatic carbocycles. The molecule has 0 saturated carbocycles. The van der Waals surface area contributed by atoms with Gasteiger partial charge in [0.05, 0.1) is 19.8 Å². The average molecular weight is 328 g/mol. The molecule has 24 heavy (non-hydrogen) atoms. The SMILES string of the molecule is COC(=O)CCc1ccccc1OCc1cccc(C(=O)OC)c1. The van der Waals surface area contributed by atoms with Gasteiger partial charge in [-0.1, -0.05) is 30.3 Å². The molecule has 2 rings (SSSR count). The molecule has 5 nitrogen and oxygen atoms in total. The van der Waals surface area contributed by atoms with Crippen molar-refractivity contribution in [3.63, 3.8) is 0 Å². The molecule has 0 aliphatic heterocycles. The predicted octanol–water partition coefficient (Wildman–Crippen LogP) is 3.16. The molecule has 5 heteroatoms. The first kappa shape index (κ1) is 17.5. The predicted molar refractivity (Wildman–Crippen MR) is 88.9 cm³/mol. The summed E-state index contributed by atoms with van der Waals surface area (Å²) in [4.78, 5) is 22.9. The molecule has 126 valence electrons. The molecule has 0 aliphatic carbocycles. The van der Waals surface area contributed by atoms with Crippen molar-refractivity contribution in [3.8, 4) is 5.75 Å². The summed E-state index contributed by atoms with van der Waals surface area (Å²) in [6.45, 7) is 0.320. The van der Waals surface area contributed by atoms with Crippen LogP contribution in [0, 0.1) is 0 Å². The van der Waals surface area contributed by atoms with Gasteiger partial charge in [-0.2, -0.15) is 0 Å². The first-order valence-corrected chi connectivity index (χ1v) is 7.59. The Morgan fingerprint density at radius 1 is 0.958 bits per heavy atom. The van der Waals surface area contributed by atoms with Crippen LogP contribution in [0.15, 0.2) is 48.5 Å². The van der Waals surface area contributed by atoms with E-state index in [1.807, 2.05) is 30.3 Å². The minimum Gasteiger partial charge on any atom is -0.489 e. The van der Waals surface area contributed by atoms with E-state index in [9.17, 15) is 9.59 Å². The summed E-state index contributed by atoms with van der Waals surface area (Å²) in [7, 11) is 2.72. The van der Waals surface area contributed by atoms with Gasteiger partial charge in [0.15, 0.2) is 0 Å². The van der Waals surface area contributed by atoms with E-state index in [0.29, 0.717) is 30.8 Å². The van der Waals surface area contributed by atoms with Gasteiger partial charge < -0.3 is 14.2 Å². The van der Waals surface area contributed by atoms with Crippen LogP contribution < -0.4 is 4.74 Å². The Labute approximate surface area is 141 Å². The second kappa shape index (κ2) is 8.72. The summed E-state index contributed by atoms with van der Waals surface area (Å²) in [5.41, 5.74) is 2.28. The molecule has 0 atom stereocenters. The molecule has 0 heterocycles. The van der Waals surface area contributed by atoms with Gasteiger partial charge >= 0.3 is 11.9 Å². The van der Waals surface area contributed by atoms with Crippen LogP contribution in [0.5, 0.6) is 5.75 Å². The van der Waals surface area contributed by atoms with E-state index in [0.717, 1.165) is 11.1 Å². The average Bonchev–Trinajstić information content (AvgIpc) is 2.64. The molecular weight excluding hydrogens is 308 g/mol. The Hall–Kier alpha value is -2.82. The normalized spacial score (nSPS) is 10.1. The highest BCUT2D eigenvalue weighted by Crippen LogP contribution is 2.21. The Balaban J connectivity index is 2.04. The van der Waals surface area contributed by atoms with Crippen molar-refractivity contribution >= 4 is 11.9 Å². The van der Waals surface area contributed by atoms with Crippen molar-refractivity contribution in [2.45, 2.75) is 19.4 Å². The van der Waals surface area contributed by atoms with Gasteiger partial charge in [-0.05, 0) is 35.7 Å². The zero-order valence-corrected chi connectivity index (χ0v) is 13.8. The van der Waals surface area contributed by atoms with Crippen molar-refractivity contribution in [2.24, 2.45) is 0 Å². The van der Waals surface area contributed by atoms with Gasteiger partial charge in [0.1, 0.15) is 12.4 Å². The molecule has 0 bridgehead atoms. The Morgan fingerprint density at radius 2 is 1.75 bits per heavy atom. The molecule has 0 saturated heterocycles. The summed E-state index contributed by atoms with van der Waals surface area (Å²) >= 11 is 0. The third kappa shape index (κ3) is 4.84. The Morgan fingerprint density at radius 3 is 2.50 bits per heavy atom. The maximum Gasteiger partial charge on any atom is 0.337 e. The fraction of sp³-hybridized carbons (Fsp3) is 0.263. The highest BCUT2D eigenvalue weighted by molar-refractivity contribution is 5.89. The molecule has 0 radical (unpaired) electrons. The molecule has 0 fully saturated rings. The highest BCUT2D eigenvalue weighted by Gasteiger charge is 2.09. The number of para-hydroxylation sites is 1. The maximum absolute atomic E-state index is 11.6. The molecular formula is C19H20O5. The molecule has 2 aromatic rings. The monoisotopic (exact) mass is 328 g/mol. The van der Waals surface area contributed by atoms with Crippen molar-refractivity contribution < 1.29 is 23.8 Å². The van der Waals surface area contributed by atoms with Gasteiger partial charge in [-0.3, -0.25) is 4.79 Å². The minimum atomic E-state index is -0.379. The summed E-state index contributed by atoms with van der Waals surface area (Å²) in [6, 6.07) is 14.7. The zero-order chi connectivity index (χ0) is 17.4. The van der Waals surface area contributed by atoms with Crippen molar-refractivity contribution in [1.29, 1.82) is 0 Å². The lowest BCUT2D eigenvalue weighted by Crippen LogP contribution is -2.05. The van der Waals surface area contributed by atoms with E-state index in [4.69, 9.17) is 9.47 Å².